The standard InChI is InChI=1S/C33H41ClN8O4/c1-20-17-41(12-11-40(20)3)29-6-4-5-27(37-29)28(19-43)38-31(44)21(2)42-18-23-8-7-22(15-25(23)32(42)45)30-26(34)16-35-33(39-30)36-24-9-13-46-14-10-24/h4-8,15-16,20-21,24,28,43H,9-14,17-19H2,1-3H3,(H,38,44)(H,35,36,39)/t20-,21?,28?/m1/s1. The summed E-state index contributed by atoms with van der Waals surface area (Å²) < 4.78 is 5.44. The number of benzene rings is 1. The van der Waals surface area contributed by atoms with E-state index in [1.54, 1.807) is 25.3 Å². The first kappa shape index (κ1) is 32.1. The van der Waals surface area contributed by atoms with Crippen LogP contribution in [-0.2, 0) is 16.1 Å². The molecule has 244 valence electrons. The molecule has 2 saturated heterocycles. The number of hydrogen-bond acceptors (Lipinski definition) is 10. The number of hydrogen-bond donors (Lipinski definition) is 3. The van der Waals surface area contributed by atoms with Crippen molar-refractivity contribution in [2.24, 2.45) is 0 Å². The molecule has 0 radical (unpaired) electrons. The molecule has 3 aromatic rings. The third-order valence-corrected chi connectivity index (χ3v) is 9.53. The number of nitrogens with zero attached hydrogens (tertiary/aromatic N) is 6. The Labute approximate surface area is 274 Å². The average molecular weight is 649 g/mol. The van der Waals surface area contributed by atoms with Crippen LogP contribution >= 0.6 is 11.6 Å². The lowest BCUT2D eigenvalue weighted by Crippen LogP contribution is -2.50. The molecule has 2 fully saturated rings. The van der Waals surface area contributed by atoms with Crippen LogP contribution in [0.5, 0.6) is 0 Å². The number of anilines is 2. The lowest BCUT2D eigenvalue weighted by atomic mass is 10.0. The van der Waals surface area contributed by atoms with Crippen molar-refractivity contribution >= 4 is 35.2 Å². The second kappa shape index (κ2) is 13.9. The lowest BCUT2D eigenvalue weighted by molar-refractivity contribution is -0.126. The largest absolute Gasteiger partial charge is 0.394 e. The van der Waals surface area contributed by atoms with Gasteiger partial charge in [0.05, 0.1) is 35.3 Å². The monoisotopic (exact) mass is 648 g/mol. The predicted octanol–water partition coefficient (Wildman–Crippen LogP) is 3.12. The predicted molar refractivity (Wildman–Crippen MR) is 176 cm³/mol. The van der Waals surface area contributed by atoms with Gasteiger partial charge in [-0.3, -0.25) is 9.59 Å². The van der Waals surface area contributed by atoms with Crippen LogP contribution in [0.25, 0.3) is 11.3 Å². The van der Waals surface area contributed by atoms with Gasteiger partial charge in [0, 0.05) is 62.6 Å². The zero-order chi connectivity index (χ0) is 32.4. The highest BCUT2D eigenvalue weighted by Crippen LogP contribution is 2.32. The van der Waals surface area contributed by atoms with Crippen molar-refractivity contribution in [3.8, 4) is 11.3 Å². The number of carbonyl (C=O) groups excluding carboxylic acids is 2. The molecule has 13 heteroatoms. The van der Waals surface area contributed by atoms with Gasteiger partial charge in [-0.1, -0.05) is 29.8 Å². The highest BCUT2D eigenvalue weighted by atomic mass is 35.5. The first-order chi connectivity index (χ1) is 22.2. The van der Waals surface area contributed by atoms with Crippen LogP contribution in [0.2, 0.25) is 5.02 Å². The topological polar surface area (TPSA) is 136 Å². The van der Waals surface area contributed by atoms with E-state index in [0.29, 0.717) is 52.7 Å². The Bertz CT molecular complexity index is 1580. The highest BCUT2D eigenvalue weighted by Gasteiger charge is 2.35. The molecule has 0 bridgehead atoms. The molecule has 3 atom stereocenters. The van der Waals surface area contributed by atoms with E-state index in [4.69, 9.17) is 21.3 Å². The molecule has 0 spiro atoms. The summed E-state index contributed by atoms with van der Waals surface area (Å²) in [5, 5.41) is 16.9. The van der Waals surface area contributed by atoms with Gasteiger partial charge in [0.2, 0.25) is 11.9 Å². The molecule has 2 aromatic heterocycles. The fourth-order valence-corrected chi connectivity index (χ4v) is 6.36. The maximum absolute atomic E-state index is 13.6. The molecule has 3 aliphatic rings. The van der Waals surface area contributed by atoms with Crippen LogP contribution in [0.15, 0.2) is 42.6 Å². The Hall–Kier alpha value is -3.84. The molecule has 2 unspecified atom stereocenters. The summed E-state index contributed by atoms with van der Waals surface area (Å²) in [4.78, 5) is 46.9. The highest BCUT2D eigenvalue weighted by molar-refractivity contribution is 6.33. The molecule has 46 heavy (non-hydrogen) atoms. The third kappa shape index (κ3) is 6.80. The summed E-state index contributed by atoms with van der Waals surface area (Å²) in [7, 11) is 2.11. The number of aromatic nitrogens is 3. The van der Waals surface area contributed by atoms with Crippen molar-refractivity contribution in [2.45, 2.75) is 57.4 Å². The first-order valence-electron chi connectivity index (χ1n) is 15.9. The number of carbonyl (C=O) groups is 2. The first-order valence-corrected chi connectivity index (χ1v) is 16.2. The van der Waals surface area contributed by atoms with Crippen LogP contribution in [-0.4, -0.2) is 106 Å². The Morgan fingerprint density at radius 1 is 1.17 bits per heavy atom. The van der Waals surface area contributed by atoms with Gasteiger partial charge < -0.3 is 35.2 Å². The molecule has 0 aliphatic carbocycles. The van der Waals surface area contributed by atoms with E-state index >= 15 is 0 Å². The second-order valence-corrected chi connectivity index (χ2v) is 12.7. The minimum atomic E-state index is -0.781. The van der Waals surface area contributed by atoms with Gasteiger partial charge in [0.1, 0.15) is 11.9 Å². The fourth-order valence-electron chi connectivity index (χ4n) is 6.16. The zero-order valence-corrected chi connectivity index (χ0v) is 27.2. The molecule has 0 saturated carbocycles. The number of aliphatic hydroxyl groups is 1. The summed E-state index contributed by atoms with van der Waals surface area (Å²) in [6.07, 6.45) is 3.30. The van der Waals surface area contributed by atoms with Crippen LogP contribution in [0.3, 0.4) is 0 Å². The van der Waals surface area contributed by atoms with E-state index in [9.17, 15) is 14.7 Å². The van der Waals surface area contributed by atoms with E-state index in [-0.39, 0.29) is 31.0 Å². The summed E-state index contributed by atoms with van der Waals surface area (Å²) in [5.74, 6) is 0.662. The average Bonchev–Trinajstić information content (AvgIpc) is 3.41. The number of likely N-dealkylation sites (N-methyl/N-ethyl adjacent to an activating group) is 1. The molecule has 6 rings (SSSR count). The number of piperazine rings is 1. The van der Waals surface area contributed by atoms with Crippen molar-refractivity contribution in [3.05, 3.63) is 64.4 Å². The smallest absolute Gasteiger partial charge is 0.255 e. The molecule has 3 aliphatic heterocycles. The van der Waals surface area contributed by atoms with Gasteiger partial charge >= 0.3 is 0 Å². The maximum Gasteiger partial charge on any atom is 0.255 e. The van der Waals surface area contributed by atoms with Gasteiger partial charge in [0.25, 0.3) is 5.91 Å². The molecule has 3 N–H and O–H groups in total. The SMILES string of the molecule is CC(C(=O)NC(CO)c1cccc(N2CCN(C)[C@H](C)C2)n1)N1Cc2ccc(-c3nc(NC4CCOCC4)ncc3Cl)cc2C1=O. The van der Waals surface area contributed by atoms with E-state index < -0.39 is 12.1 Å². The van der Waals surface area contributed by atoms with Crippen LogP contribution < -0.4 is 15.5 Å². The Morgan fingerprint density at radius 3 is 2.74 bits per heavy atom. The van der Waals surface area contributed by atoms with Gasteiger partial charge in [-0.2, -0.15) is 0 Å². The van der Waals surface area contributed by atoms with Crippen LogP contribution in [0.4, 0.5) is 11.8 Å². The van der Waals surface area contributed by atoms with Crippen molar-refractivity contribution in [3.63, 3.8) is 0 Å². The molecule has 1 aromatic carbocycles. The number of aliphatic hydroxyl groups excluding tert-OH is 1. The summed E-state index contributed by atoms with van der Waals surface area (Å²) in [6, 6.07) is 10.3. The maximum atomic E-state index is 13.6. The minimum absolute atomic E-state index is 0.219. The molecular formula is C33H41ClN8O4. The minimum Gasteiger partial charge on any atom is -0.394 e. The van der Waals surface area contributed by atoms with Crippen molar-refractivity contribution in [2.75, 3.05) is 56.7 Å². The fraction of sp³-hybridized carbons (Fsp3) is 0.485. The lowest BCUT2D eigenvalue weighted by Gasteiger charge is -2.38. The van der Waals surface area contributed by atoms with Crippen molar-refractivity contribution in [1.29, 1.82) is 0 Å². The van der Waals surface area contributed by atoms with E-state index in [2.05, 4.69) is 44.4 Å². The Morgan fingerprint density at radius 2 is 1.98 bits per heavy atom. The van der Waals surface area contributed by atoms with Gasteiger partial charge in [0.15, 0.2) is 0 Å². The van der Waals surface area contributed by atoms with E-state index in [1.807, 2.05) is 24.3 Å². The number of pyridine rings is 1. The van der Waals surface area contributed by atoms with Gasteiger partial charge in [-0.25, -0.2) is 15.0 Å². The summed E-state index contributed by atoms with van der Waals surface area (Å²) in [5.41, 5.74) is 3.10. The van der Waals surface area contributed by atoms with Crippen molar-refractivity contribution < 1.29 is 19.4 Å². The number of nitrogens with one attached hydrogen (secondary N) is 2. The Balaban J connectivity index is 1.13. The summed E-state index contributed by atoms with van der Waals surface area (Å²) >= 11 is 6.51. The van der Waals surface area contributed by atoms with Crippen LogP contribution in [0.1, 0.15) is 54.3 Å². The van der Waals surface area contributed by atoms with Crippen LogP contribution in [0, 0.1) is 0 Å². The number of ether oxygens (including phenoxy) is 1. The van der Waals surface area contributed by atoms with Gasteiger partial charge in [-0.15, -0.1) is 0 Å². The molecule has 2 amide bonds. The molecule has 12 nitrogen and oxygen atoms in total. The number of rotatable bonds is 9. The number of halogens is 1. The summed E-state index contributed by atoms with van der Waals surface area (Å²) in [6.45, 7) is 7.85. The molecular weight excluding hydrogens is 608 g/mol. The van der Waals surface area contributed by atoms with Crippen molar-refractivity contribution in [1.82, 2.24) is 30.1 Å². The normalized spacial score (nSPS) is 20.4. The number of fused-ring (bicyclic) bond motifs is 1. The quantitative estimate of drug-likeness (QED) is 0.318. The zero-order valence-electron chi connectivity index (χ0n) is 26.4. The Kier molecular flexibility index (Phi) is 9.69. The van der Waals surface area contributed by atoms with E-state index in [1.165, 1.54) is 4.90 Å². The second-order valence-electron chi connectivity index (χ2n) is 12.3. The third-order valence-electron chi connectivity index (χ3n) is 9.26. The number of amides is 2. The molecule has 5 heterocycles. The van der Waals surface area contributed by atoms with E-state index in [0.717, 1.165) is 43.9 Å². The van der Waals surface area contributed by atoms with Gasteiger partial charge in [-0.05, 0) is 57.5 Å².